The summed E-state index contributed by atoms with van der Waals surface area (Å²) in [6.45, 7) is 9.02. The molecule has 4 nitrogen and oxygen atoms in total. The van der Waals surface area contributed by atoms with Crippen molar-refractivity contribution in [3.8, 4) is 0 Å². The number of benzene rings is 1. The second-order valence-corrected chi connectivity index (χ2v) is 7.09. The third-order valence-electron chi connectivity index (χ3n) is 5.12. The number of hydrogen-bond donors (Lipinski definition) is 1. The van der Waals surface area contributed by atoms with Gasteiger partial charge < -0.3 is 15.1 Å². The Morgan fingerprint density at radius 2 is 2.04 bits per heavy atom. The number of likely N-dealkylation sites (tertiary alicyclic amines) is 1. The van der Waals surface area contributed by atoms with E-state index in [4.69, 9.17) is 11.6 Å². The minimum atomic E-state index is -0.00323. The molecule has 1 unspecified atom stereocenters. The Kier molecular flexibility index (Phi) is 6.93. The zero-order valence-corrected chi connectivity index (χ0v) is 16.1. The molecule has 1 heterocycles. The monoisotopic (exact) mass is 351 g/mol. The summed E-state index contributed by atoms with van der Waals surface area (Å²) in [5.41, 5.74) is 2.16. The molecule has 24 heavy (non-hydrogen) atoms. The second kappa shape index (κ2) is 8.72. The first-order valence-electron chi connectivity index (χ1n) is 8.98. The third-order valence-corrected chi connectivity index (χ3v) is 5.53. The van der Waals surface area contributed by atoms with Gasteiger partial charge in [0, 0.05) is 17.6 Å². The quantitative estimate of drug-likeness (QED) is 0.861. The van der Waals surface area contributed by atoms with E-state index in [9.17, 15) is 4.79 Å². The molecular formula is C19H30ClN3O. The van der Waals surface area contributed by atoms with Crippen molar-refractivity contribution in [1.82, 2.24) is 15.1 Å². The van der Waals surface area contributed by atoms with Crippen molar-refractivity contribution in [3.63, 3.8) is 0 Å². The summed E-state index contributed by atoms with van der Waals surface area (Å²) in [6, 6.07) is 6.28. The number of hydrogen-bond acceptors (Lipinski definition) is 2. The number of urea groups is 1. The maximum Gasteiger partial charge on any atom is 0.318 e. The molecule has 1 aliphatic rings. The van der Waals surface area contributed by atoms with Crippen molar-refractivity contribution in [1.29, 1.82) is 0 Å². The van der Waals surface area contributed by atoms with Gasteiger partial charge in [0.15, 0.2) is 0 Å². The summed E-state index contributed by atoms with van der Waals surface area (Å²) in [5, 5.41) is 3.98. The fraction of sp³-hybridized carbons (Fsp3) is 0.632. The predicted molar refractivity (Wildman–Crippen MR) is 101 cm³/mol. The van der Waals surface area contributed by atoms with Gasteiger partial charge in [0.25, 0.3) is 0 Å². The van der Waals surface area contributed by atoms with E-state index in [1.807, 2.05) is 24.0 Å². The summed E-state index contributed by atoms with van der Waals surface area (Å²) in [5.74, 6) is 0. The van der Waals surface area contributed by atoms with E-state index >= 15 is 0 Å². The Labute approximate surface area is 151 Å². The first-order valence-corrected chi connectivity index (χ1v) is 9.36. The zero-order chi connectivity index (χ0) is 17.7. The highest BCUT2D eigenvalue weighted by Gasteiger charge is 2.27. The number of piperidine rings is 1. The maximum absolute atomic E-state index is 12.9. The van der Waals surface area contributed by atoms with Gasteiger partial charge in [-0.15, -0.1) is 0 Å². The first kappa shape index (κ1) is 19.1. The number of carbonyl (C=O) groups is 1. The van der Waals surface area contributed by atoms with Crippen molar-refractivity contribution < 1.29 is 4.79 Å². The van der Waals surface area contributed by atoms with Crippen LogP contribution in [0.2, 0.25) is 5.02 Å². The topological polar surface area (TPSA) is 35.6 Å². The minimum Gasteiger partial charge on any atom is -0.331 e. The lowest BCUT2D eigenvalue weighted by Crippen LogP contribution is -2.50. The van der Waals surface area contributed by atoms with Gasteiger partial charge in [0.05, 0.1) is 6.04 Å². The molecule has 134 valence electrons. The Bertz CT molecular complexity index is 556. The van der Waals surface area contributed by atoms with Gasteiger partial charge in [0.2, 0.25) is 0 Å². The maximum atomic E-state index is 12.9. The van der Waals surface area contributed by atoms with Crippen LogP contribution in [-0.2, 0) is 0 Å². The van der Waals surface area contributed by atoms with E-state index < -0.39 is 0 Å². The van der Waals surface area contributed by atoms with Gasteiger partial charge >= 0.3 is 6.03 Å². The van der Waals surface area contributed by atoms with Gasteiger partial charge in [-0.05, 0) is 70.4 Å². The van der Waals surface area contributed by atoms with E-state index in [2.05, 4.69) is 37.2 Å². The largest absolute Gasteiger partial charge is 0.331 e. The summed E-state index contributed by atoms with van der Waals surface area (Å²) in [7, 11) is 2.14. The Hall–Kier alpha value is -1.26. The molecule has 0 aromatic heterocycles. The highest BCUT2D eigenvalue weighted by Crippen LogP contribution is 2.26. The fourth-order valence-electron chi connectivity index (χ4n) is 3.51. The van der Waals surface area contributed by atoms with Crippen molar-refractivity contribution >= 4 is 17.6 Å². The van der Waals surface area contributed by atoms with E-state index in [-0.39, 0.29) is 12.1 Å². The van der Waals surface area contributed by atoms with Crippen molar-refractivity contribution in [3.05, 3.63) is 34.3 Å². The number of nitrogens with one attached hydrogen (secondary N) is 1. The molecule has 1 aromatic carbocycles. The molecule has 0 radical (unpaired) electrons. The smallest absolute Gasteiger partial charge is 0.318 e. The number of rotatable bonds is 5. The van der Waals surface area contributed by atoms with E-state index in [0.717, 1.165) is 55.0 Å². The molecule has 1 fully saturated rings. The van der Waals surface area contributed by atoms with E-state index in [1.54, 1.807) is 0 Å². The highest BCUT2D eigenvalue weighted by atomic mass is 35.5. The standard InChI is InChI=1S/C19H30ClN3O/c1-5-18(16-8-7-9-17(20)14(16)3)21-19(24)23(6-2)15-10-12-22(4)13-11-15/h7-9,15,18H,5-6,10-13H2,1-4H3,(H,21,24). The van der Waals surface area contributed by atoms with E-state index in [0.29, 0.717) is 6.04 Å². The summed E-state index contributed by atoms with van der Waals surface area (Å²) in [4.78, 5) is 17.2. The number of carbonyl (C=O) groups excluding carboxylic acids is 1. The Morgan fingerprint density at radius 1 is 1.38 bits per heavy atom. The SMILES string of the molecule is CCC(NC(=O)N(CC)C1CCN(C)CC1)c1cccc(Cl)c1C. The van der Waals surface area contributed by atoms with Crippen LogP contribution in [0.25, 0.3) is 0 Å². The molecule has 5 heteroatoms. The van der Waals surface area contributed by atoms with Crippen LogP contribution in [0.4, 0.5) is 4.79 Å². The molecule has 2 amide bonds. The first-order chi connectivity index (χ1) is 11.5. The number of amides is 2. The van der Waals surface area contributed by atoms with Crippen LogP contribution in [0.15, 0.2) is 18.2 Å². The van der Waals surface area contributed by atoms with Gasteiger partial charge in [-0.2, -0.15) is 0 Å². The fourth-order valence-corrected chi connectivity index (χ4v) is 3.69. The lowest BCUT2D eigenvalue weighted by atomic mass is 9.99. The van der Waals surface area contributed by atoms with Crippen LogP contribution in [0, 0.1) is 6.92 Å². The molecule has 1 saturated heterocycles. The van der Waals surface area contributed by atoms with Crippen LogP contribution in [0.1, 0.15) is 50.3 Å². The predicted octanol–water partition coefficient (Wildman–Crippen LogP) is 4.23. The molecule has 0 spiro atoms. The molecule has 2 rings (SSSR count). The highest BCUT2D eigenvalue weighted by molar-refractivity contribution is 6.31. The van der Waals surface area contributed by atoms with Crippen LogP contribution < -0.4 is 5.32 Å². The van der Waals surface area contributed by atoms with Crippen LogP contribution in [-0.4, -0.2) is 48.6 Å². The lowest BCUT2D eigenvalue weighted by Gasteiger charge is -2.37. The van der Waals surface area contributed by atoms with Gasteiger partial charge in [-0.1, -0.05) is 30.7 Å². The van der Waals surface area contributed by atoms with Crippen molar-refractivity contribution in [2.24, 2.45) is 0 Å². The van der Waals surface area contributed by atoms with E-state index in [1.165, 1.54) is 0 Å². The van der Waals surface area contributed by atoms with Crippen molar-refractivity contribution in [2.75, 3.05) is 26.7 Å². The summed E-state index contributed by atoms with van der Waals surface area (Å²) in [6.07, 6.45) is 2.94. The number of halogens is 1. The van der Waals surface area contributed by atoms with Crippen molar-refractivity contribution in [2.45, 2.75) is 52.1 Å². The minimum absolute atomic E-state index is 0.00323. The molecular weight excluding hydrogens is 322 g/mol. The van der Waals surface area contributed by atoms with Crippen LogP contribution in [0.3, 0.4) is 0 Å². The Morgan fingerprint density at radius 3 is 2.62 bits per heavy atom. The third kappa shape index (κ3) is 4.42. The second-order valence-electron chi connectivity index (χ2n) is 6.68. The normalized spacial score (nSPS) is 17.5. The zero-order valence-electron chi connectivity index (χ0n) is 15.3. The molecule has 0 aliphatic carbocycles. The van der Waals surface area contributed by atoms with Crippen LogP contribution in [0.5, 0.6) is 0 Å². The molecule has 1 aromatic rings. The molecule has 0 saturated carbocycles. The van der Waals surface area contributed by atoms with Gasteiger partial charge in [0.1, 0.15) is 0 Å². The molecule has 1 atom stereocenters. The molecule has 0 bridgehead atoms. The summed E-state index contributed by atoms with van der Waals surface area (Å²) < 4.78 is 0. The van der Waals surface area contributed by atoms with Gasteiger partial charge in [-0.25, -0.2) is 4.79 Å². The average molecular weight is 352 g/mol. The van der Waals surface area contributed by atoms with Gasteiger partial charge in [-0.3, -0.25) is 0 Å². The Balaban J connectivity index is 2.08. The molecule has 1 aliphatic heterocycles. The molecule has 1 N–H and O–H groups in total. The average Bonchev–Trinajstić information content (AvgIpc) is 2.58. The lowest BCUT2D eigenvalue weighted by molar-refractivity contribution is 0.132. The summed E-state index contributed by atoms with van der Waals surface area (Å²) >= 11 is 6.25. The number of nitrogens with zero attached hydrogens (tertiary/aromatic N) is 2. The van der Waals surface area contributed by atoms with Crippen LogP contribution >= 0.6 is 11.6 Å².